The average Bonchev–Trinajstić information content (AvgIpc) is 2.89. The van der Waals surface area contributed by atoms with Gasteiger partial charge in [0.2, 0.25) is 5.88 Å². The molecule has 4 rings (SSSR count). The fraction of sp³-hybridized carbons (Fsp3) is 0.200. The number of aromatic nitrogens is 3. The second kappa shape index (κ2) is 11.1. The molecule has 2 aromatic heterocycles. The van der Waals surface area contributed by atoms with Crippen molar-refractivity contribution in [2.24, 2.45) is 5.10 Å². The van der Waals surface area contributed by atoms with E-state index in [-0.39, 0.29) is 34.5 Å². The second-order valence-corrected chi connectivity index (χ2v) is 9.39. The maximum absolute atomic E-state index is 13.4. The molecule has 0 aliphatic carbocycles. The van der Waals surface area contributed by atoms with Crippen molar-refractivity contribution in [3.63, 3.8) is 0 Å². The third-order valence-electron chi connectivity index (χ3n) is 5.61. The molecule has 0 unspecified atom stereocenters. The van der Waals surface area contributed by atoms with Crippen molar-refractivity contribution >= 4 is 50.3 Å². The van der Waals surface area contributed by atoms with Gasteiger partial charge in [-0.3, -0.25) is 14.9 Å². The zero-order valence-electron chi connectivity index (χ0n) is 20.0. The molecular formula is C25H21BrClN5O5. The van der Waals surface area contributed by atoms with Gasteiger partial charge in [0.1, 0.15) is 12.0 Å². The van der Waals surface area contributed by atoms with Crippen molar-refractivity contribution in [2.45, 2.75) is 26.2 Å². The minimum Gasteiger partial charge on any atom is -0.493 e. The lowest BCUT2D eigenvalue weighted by Gasteiger charge is -2.15. The Morgan fingerprint density at radius 2 is 2.05 bits per heavy atom. The summed E-state index contributed by atoms with van der Waals surface area (Å²) in [5.41, 5.74) is 0.462. The van der Waals surface area contributed by atoms with Crippen LogP contribution in [0.5, 0.6) is 17.4 Å². The molecule has 1 atom stereocenters. The van der Waals surface area contributed by atoms with Crippen LogP contribution in [0.25, 0.3) is 10.9 Å². The molecule has 0 spiro atoms. The molecule has 2 heterocycles. The average molecular weight is 587 g/mol. The van der Waals surface area contributed by atoms with E-state index >= 15 is 0 Å². The zero-order valence-corrected chi connectivity index (χ0v) is 22.4. The quantitative estimate of drug-likeness (QED) is 0.135. The Morgan fingerprint density at radius 3 is 2.70 bits per heavy atom. The minimum absolute atomic E-state index is 0.0492. The van der Waals surface area contributed by atoms with E-state index in [0.717, 1.165) is 17.1 Å². The standard InChI is InChI=1S/C25H21BrClN5O5/c1-4-14(2)24-30-20-7-5-16(26)10-19(20)25(33)31(24)29-12-15-9-17(27)11-21(36-3)23(15)37-22-8-6-18(13-28-22)32(34)35/h5-14H,4H2,1-3H3/t14-/m0/s1. The van der Waals surface area contributed by atoms with Crippen LogP contribution in [0, 0.1) is 10.1 Å². The van der Waals surface area contributed by atoms with E-state index in [4.69, 9.17) is 26.1 Å². The van der Waals surface area contributed by atoms with Crippen LogP contribution in [0.1, 0.15) is 37.6 Å². The van der Waals surface area contributed by atoms with Crippen LogP contribution in [0.4, 0.5) is 5.69 Å². The fourth-order valence-electron chi connectivity index (χ4n) is 3.49. The Balaban J connectivity index is 1.84. The molecule has 0 radical (unpaired) electrons. The third-order valence-corrected chi connectivity index (χ3v) is 6.32. The molecule has 0 aliphatic rings. The first-order valence-electron chi connectivity index (χ1n) is 11.1. The highest BCUT2D eigenvalue weighted by atomic mass is 79.9. The predicted octanol–water partition coefficient (Wildman–Crippen LogP) is 6.31. The molecule has 0 N–H and O–H groups in total. The van der Waals surface area contributed by atoms with Crippen LogP contribution in [0.3, 0.4) is 0 Å². The summed E-state index contributed by atoms with van der Waals surface area (Å²) >= 11 is 9.70. The number of pyridine rings is 1. The van der Waals surface area contributed by atoms with Gasteiger partial charge in [-0.15, -0.1) is 0 Å². The van der Waals surface area contributed by atoms with Gasteiger partial charge >= 0.3 is 0 Å². The molecule has 0 amide bonds. The van der Waals surface area contributed by atoms with Crippen molar-refractivity contribution in [1.82, 2.24) is 14.6 Å². The van der Waals surface area contributed by atoms with Crippen LogP contribution < -0.4 is 15.0 Å². The lowest BCUT2D eigenvalue weighted by Crippen LogP contribution is -2.23. The number of ether oxygens (including phenoxy) is 2. The smallest absolute Gasteiger partial charge is 0.287 e. The van der Waals surface area contributed by atoms with Crippen molar-refractivity contribution in [2.75, 3.05) is 7.11 Å². The molecule has 190 valence electrons. The first-order valence-corrected chi connectivity index (χ1v) is 12.3. The summed E-state index contributed by atoms with van der Waals surface area (Å²) < 4.78 is 13.4. The monoisotopic (exact) mass is 585 g/mol. The van der Waals surface area contributed by atoms with E-state index in [1.165, 1.54) is 30.1 Å². The van der Waals surface area contributed by atoms with Gasteiger partial charge in [0, 0.05) is 39.2 Å². The van der Waals surface area contributed by atoms with Gasteiger partial charge in [0.05, 0.1) is 29.2 Å². The molecule has 10 nitrogen and oxygen atoms in total. The molecule has 0 fully saturated rings. The molecule has 2 aromatic carbocycles. The molecule has 0 aliphatic heterocycles. The summed E-state index contributed by atoms with van der Waals surface area (Å²) in [5, 5.41) is 16.2. The second-order valence-electron chi connectivity index (χ2n) is 8.04. The zero-order chi connectivity index (χ0) is 26.7. The molecule has 0 saturated heterocycles. The molecule has 0 bridgehead atoms. The van der Waals surface area contributed by atoms with Crippen LogP contribution in [-0.4, -0.2) is 32.9 Å². The highest BCUT2D eigenvalue weighted by Crippen LogP contribution is 2.37. The van der Waals surface area contributed by atoms with E-state index in [0.29, 0.717) is 27.3 Å². The number of methoxy groups -OCH3 is 1. The number of benzene rings is 2. The maximum atomic E-state index is 13.4. The minimum atomic E-state index is -0.555. The van der Waals surface area contributed by atoms with E-state index in [1.807, 2.05) is 19.9 Å². The third kappa shape index (κ3) is 5.62. The molecule has 12 heteroatoms. The van der Waals surface area contributed by atoms with Gasteiger partial charge in [-0.1, -0.05) is 41.4 Å². The largest absolute Gasteiger partial charge is 0.493 e. The lowest BCUT2D eigenvalue weighted by atomic mass is 10.1. The number of rotatable bonds is 8. The Labute approximate surface area is 224 Å². The number of nitrogens with zero attached hydrogens (tertiary/aromatic N) is 5. The van der Waals surface area contributed by atoms with E-state index in [2.05, 4.69) is 26.0 Å². The maximum Gasteiger partial charge on any atom is 0.287 e. The summed E-state index contributed by atoms with van der Waals surface area (Å²) in [6.07, 6.45) is 3.26. The highest BCUT2D eigenvalue weighted by molar-refractivity contribution is 9.10. The van der Waals surface area contributed by atoms with Gasteiger partial charge in [-0.25, -0.2) is 9.97 Å². The highest BCUT2D eigenvalue weighted by Gasteiger charge is 2.18. The normalized spacial score (nSPS) is 12.1. The van der Waals surface area contributed by atoms with Gasteiger partial charge in [0.15, 0.2) is 11.5 Å². The Morgan fingerprint density at radius 1 is 1.27 bits per heavy atom. The summed E-state index contributed by atoms with van der Waals surface area (Å²) in [6.45, 7) is 3.97. The van der Waals surface area contributed by atoms with Crippen LogP contribution in [0.15, 0.2) is 63.0 Å². The molecule has 4 aromatic rings. The van der Waals surface area contributed by atoms with Crippen molar-refractivity contribution < 1.29 is 14.4 Å². The molecule has 37 heavy (non-hydrogen) atoms. The summed E-state index contributed by atoms with van der Waals surface area (Å²) in [4.78, 5) is 32.5. The van der Waals surface area contributed by atoms with Gasteiger partial charge in [-0.05, 0) is 30.7 Å². The first kappa shape index (κ1) is 26.2. The van der Waals surface area contributed by atoms with Crippen molar-refractivity contribution in [3.05, 3.63) is 90.0 Å². The number of nitro groups is 1. The van der Waals surface area contributed by atoms with E-state index < -0.39 is 4.92 Å². The molecular weight excluding hydrogens is 566 g/mol. The topological polar surface area (TPSA) is 122 Å². The van der Waals surface area contributed by atoms with Crippen LogP contribution in [0.2, 0.25) is 5.02 Å². The van der Waals surface area contributed by atoms with E-state index in [9.17, 15) is 14.9 Å². The number of hydrogen-bond acceptors (Lipinski definition) is 8. The fourth-order valence-corrected chi connectivity index (χ4v) is 4.07. The molecule has 0 saturated carbocycles. The lowest BCUT2D eigenvalue weighted by molar-refractivity contribution is -0.385. The Hall–Kier alpha value is -3.83. The van der Waals surface area contributed by atoms with Gasteiger partial charge in [-0.2, -0.15) is 9.78 Å². The first-order chi connectivity index (χ1) is 17.7. The van der Waals surface area contributed by atoms with Crippen molar-refractivity contribution in [3.8, 4) is 17.4 Å². The summed E-state index contributed by atoms with van der Waals surface area (Å²) in [6, 6.07) is 11.1. The predicted molar refractivity (Wildman–Crippen MR) is 144 cm³/mol. The van der Waals surface area contributed by atoms with Gasteiger partial charge < -0.3 is 9.47 Å². The number of fused-ring (bicyclic) bond motifs is 1. The van der Waals surface area contributed by atoms with Crippen LogP contribution in [-0.2, 0) is 0 Å². The number of hydrogen-bond donors (Lipinski definition) is 0. The van der Waals surface area contributed by atoms with Crippen molar-refractivity contribution in [1.29, 1.82) is 0 Å². The summed E-state index contributed by atoms with van der Waals surface area (Å²) in [5.74, 6) is 1.05. The summed E-state index contributed by atoms with van der Waals surface area (Å²) in [7, 11) is 1.44. The SMILES string of the molecule is CC[C@H](C)c1nc2ccc(Br)cc2c(=O)n1N=Cc1cc(Cl)cc(OC)c1Oc1ccc([N+](=O)[O-])cn1. The van der Waals surface area contributed by atoms with Gasteiger partial charge in [0.25, 0.3) is 11.2 Å². The van der Waals surface area contributed by atoms with E-state index in [1.54, 1.807) is 24.3 Å². The Kier molecular flexibility index (Phi) is 7.84. The Bertz CT molecular complexity index is 1570. The number of halogens is 2. The van der Waals surface area contributed by atoms with Crippen LogP contribution >= 0.6 is 27.5 Å².